The molecule has 0 heterocycles. The van der Waals surface area contributed by atoms with Crippen molar-refractivity contribution in [1.82, 2.24) is 0 Å². The third-order valence-electron chi connectivity index (χ3n) is 3.89. The molecule has 1 aliphatic carbocycles. The Hall–Kier alpha value is -2.04. The largest absolute Gasteiger partial charge is 0.492 e. The molecule has 0 aromatic heterocycles. The topological polar surface area (TPSA) is 75.6 Å². The molecule has 0 spiro atoms. The number of amides is 1. The Morgan fingerprint density at radius 1 is 1.19 bits per heavy atom. The summed E-state index contributed by atoms with van der Waals surface area (Å²) in [4.78, 5) is 23.2. The number of benzene rings is 1. The van der Waals surface area contributed by atoms with Crippen molar-refractivity contribution >= 4 is 17.6 Å². The number of anilines is 1. The van der Waals surface area contributed by atoms with Crippen molar-refractivity contribution in [3.63, 3.8) is 0 Å². The molecular weight excluding hydrogens is 270 g/mol. The molecule has 0 aliphatic heterocycles. The summed E-state index contributed by atoms with van der Waals surface area (Å²) in [6.45, 7) is 2.43. The summed E-state index contributed by atoms with van der Waals surface area (Å²) in [5, 5.41) is 11.9. The number of rotatable bonds is 5. The van der Waals surface area contributed by atoms with Crippen LogP contribution in [0.15, 0.2) is 24.3 Å². The highest BCUT2D eigenvalue weighted by Gasteiger charge is 2.29. The van der Waals surface area contributed by atoms with Gasteiger partial charge in [0.2, 0.25) is 5.91 Å². The van der Waals surface area contributed by atoms with E-state index in [-0.39, 0.29) is 17.7 Å². The summed E-state index contributed by atoms with van der Waals surface area (Å²) in [5.41, 5.74) is 0.671. The Morgan fingerprint density at radius 2 is 1.81 bits per heavy atom. The van der Waals surface area contributed by atoms with Crippen LogP contribution in [0, 0.1) is 11.8 Å². The lowest BCUT2D eigenvalue weighted by atomic mass is 9.81. The number of carbonyl (C=O) groups is 2. The first-order chi connectivity index (χ1) is 10.1. The molecule has 0 unspecified atom stereocenters. The summed E-state index contributed by atoms with van der Waals surface area (Å²) in [6, 6.07) is 7.34. The predicted molar refractivity (Wildman–Crippen MR) is 79.3 cm³/mol. The Morgan fingerprint density at radius 3 is 2.43 bits per heavy atom. The highest BCUT2D eigenvalue weighted by atomic mass is 16.5. The molecule has 2 rings (SSSR count). The normalized spacial score (nSPS) is 21.6. The van der Waals surface area contributed by atoms with E-state index in [1.807, 2.05) is 31.2 Å². The number of aliphatic carboxylic acids is 1. The molecule has 0 radical (unpaired) electrons. The average molecular weight is 291 g/mol. The zero-order valence-corrected chi connectivity index (χ0v) is 12.2. The van der Waals surface area contributed by atoms with Gasteiger partial charge in [-0.2, -0.15) is 0 Å². The molecule has 1 fully saturated rings. The van der Waals surface area contributed by atoms with Crippen molar-refractivity contribution in [2.45, 2.75) is 32.6 Å². The molecule has 0 saturated heterocycles. The van der Waals surface area contributed by atoms with Gasteiger partial charge in [0.05, 0.1) is 18.2 Å². The van der Waals surface area contributed by atoms with E-state index < -0.39 is 5.97 Å². The lowest BCUT2D eigenvalue weighted by molar-refractivity contribution is -0.143. The Balaban J connectivity index is 1.95. The van der Waals surface area contributed by atoms with E-state index in [2.05, 4.69) is 5.32 Å². The SMILES string of the molecule is CCOc1ccccc1NC(=O)C1CCC(C(=O)O)CC1. The zero-order chi connectivity index (χ0) is 15.2. The smallest absolute Gasteiger partial charge is 0.306 e. The Labute approximate surface area is 124 Å². The highest BCUT2D eigenvalue weighted by Crippen LogP contribution is 2.31. The molecule has 0 bridgehead atoms. The molecule has 114 valence electrons. The predicted octanol–water partition coefficient (Wildman–Crippen LogP) is 2.91. The van der Waals surface area contributed by atoms with Crippen molar-refractivity contribution < 1.29 is 19.4 Å². The number of carboxylic acids is 1. The second kappa shape index (κ2) is 7.11. The van der Waals surface area contributed by atoms with Gasteiger partial charge in [0.15, 0.2) is 0 Å². The van der Waals surface area contributed by atoms with Gasteiger partial charge in [-0.15, -0.1) is 0 Å². The van der Waals surface area contributed by atoms with E-state index >= 15 is 0 Å². The van der Waals surface area contributed by atoms with Crippen LogP contribution < -0.4 is 10.1 Å². The van der Waals surface area contributed by atoms with E-state index in [0.29, 0.717) is 43.7 Å². The van der Waals surface area contributed by atoms with E-state index in [4.69, 9.17) is 9.84 Å². The quantitative estimate of drug-likeness (QED) is 0.874. The number of carbonyl (C=O) groups excluding carboxylic acids is 1. The van der Waals surface area contributed by atoms with Crippen molar-refractivity contribution in [2.24, 2.45) is 11.8 Å². The van der Waals surface area contributed by atoms with E-state index in [1.54, 1.807) is 0 Å². The van der Waals surface area contributed by atoms with Crippen molar-refractivity contribution in [3.05, 3.63) is 24.3 Å². The second-order valence-corrected chi connectivity index (χ2v) is 5.31. The Kier molecular flexibility index (Phi) is 5.20. The molecule has 1 aliphatic rings. The molecular formula is C16H21NO4. The number of carboxylic acid groups (broad SMARTS) is 1. The minimum absolute atomic E-state index is 0.0500. The molecule has 0 atom stereocenters. The standard InChI is InChI=1S/C16H21NO4/c1-2-21-14-6-4-3-5-13(14)17-15(18)11-7-9-12(10-8-11)16(19)20/h3-6,11-12H,2,7-10H2,1H3,(H,17,18)(H,19,20). The summed E-state index contributed by atoms with van der Waals surface area (Å²) in [7, 11) is 0. The number of hydrogen-bond donors (Lipinski definition) is 2. The lowest BCUT2D eigenvalue weighted by Gasteiger charge is -2.25. The number of ether oxygens (including phenoxy) is 1. The van der Waals surface area contributed by atoms with E-state index in [1.165, 1.54) is 0 Å². The van der Waals surface area contributed by atoms with Crippen LogP contribution in [0.5, 0.6) is 5.75 Å². The molecule has 1 saturated carbocycles. The summed E-state index contributed by atoms with van der Waals surface area (Å²) in [6.07, 6.45) is 2.39. The van der Waals surface area contributed by atoms with E-state index in [0.717, 1.165) is 0 Å². The maximum atomic E-state index is 12.3. The highest BCUT2D eigenvalue weighted by molar-refractivity contribution is 5.94. The van der Waals surface area contributed by atoms with Crippen LogP contribution >= 0.6 is 0 Å². The van der Waals surface area contributed by atoms with Gasteiger partial charge in [0.25, 0.3) is 0 Å². The van der Waals surface area contributed by atoms with Gasteiger partial charge in [-0.1, -0.05) is 12.1 Å². The minimum Gasteiger partial charge on any atom is -0.492 e. The van der Waals surface area contributed by atoms with Gasteiger partial charge in [0.1, 0.15) is 5.75 Å². The third kappa shape index (κ3) is 3.97. The second-order valence-electron chi connectivity index (χ2n) is 5.31. The van der Waals surface area contributed by atoms with Crippen molar-refractivity contribution in [2.75, 3.05) is 11.9 Å². The first-order valence-electron chi connectivity index (χ1n) is 7.37. The van der Waals surface area contributed by atoms with Gasteiger partial charge in [-0.25, -0.2) is 0 Å². The van der Waals surface area contributed by atoms with Crippen LogP contribution in [-0.4, -0.2) is 23.6 Å². The monoisotopic (exact) mass is 291 g/mol. The van der Waals surface area contributed by atoms with Crippen molar-refractivity contribution in [3.8, 4) is 5.75 Å². The molecule has 1 amide bonds. The molecule has 21 heavy (non-hydrogen) atoms. The minimum atomic E-state index is -0.754. The fraction of sp³-hybridized carbons (Fsp3) is 0.500. The average Bonchev–Trinajstić information content (AvgIpc) is 2.49. The van der Waals surface area contributed by atoms with E-state index in [9.17, 15) is 9.59 Å². The maximum absolute atomic E-state index is 12.3. The lowest BCUT2D eigenvalue weighted by Crippen LogP contribution is -2.29. The van der Waals surface area contributed by atoms with Crippen LogP contribution in [0.3, 0.4) is 0 Å². The van der Waals surface area contributed by atoms with Gasteiger partial charge < -0.3 is 15.2 Å². The van der Waals surface area contributed by atoms with Crippen LogP contribution in [0.4, 0.5) is 5.69 Å². The Bertz CT molecular complexity index is 507. The first kappa shape index (κ1) is 15.4. The number of para-hydroxylation sites is 2. The summed E-state index contributed by atoms with van der Waals surface area (Å²) < 4.78 is 5.48. The number of nitrogens with one attached hydrogen (secondary N) is 1. The molecule has 5 heteroatoms. The number of hydrogen-bond acceptors (Lipinski definition) is 3. The van der Waals surface area contributed by atoms with Gasteiger partial charge in [-0.3, -0.25) is 9.59 Å². The molecule has 1 aromatic rings. The molecule has 2 N–H and O–H groups in total. The van der Waals surface area contributed by atoms with Crippen LogP contribution in [0.1, 0.15) is 32.6 Å². The van der Waals surface area contributed by atoms with Crippen LogP contribution in [0.2, 0.25) is 0 Å². The van der Waals surface area contributed by atoms with Gasteiger partial charge in [-0.05, 0) is 44.7 Å². The molecule has 5 nitrogen and oxygen atoms in total. The van der Waals surface area contributed by atoms with Crippen molar-refractivity contribution in [1.29, 1.82) is 0 Å². The van der Waals surface area contributed by atoms with Crippen LogP contribution in [-0.2, 0) is 9.59 Å². The fourth-order valence-electron chi connectivity index (χ4n) is 2.69. The fourth-order valence-corrected chi connectivity index (χ4v) is 2.69. The summed E-state index contributed by atoms with van der Waals surface area (Å²) in [5.74, 6) is -0.561. The van der Waals surface area contributed by atoms with Gasteiger partial charge >= 0.3 is 5.97 Å². The summed E-state index contributed by atoms with van der Waals surface area (Å²) >= 11 is 0. The maximum Gasteiger partial charge on any atom is 0.306 e. The van der Waals surface area contributed by atoms with Crippen LogP contribution in [0.25, 0.3) is 0 Å². The molecule has 1 aromatic carbocycles. The third-order valence-corrected chi connectivity index (χ3v) is 3.89. The van der Waals surface area contributed by atoms with Gasteiger partial charge in [0, 0.05) is 5.92 Å². The first-order valence-corrected chi connectivity index (χ1v) is 7.37. The zero-order valence-electron chi connectivity index (χ0n) is 12.2.